The second-order valence-corrected chi connectivity index (χ2v) is 12.7. The first-order valence-corrected chi connectivity index (χ1v) is 13.5. The van der Waals surface area contributed by atoms with Crippen molar-refractivity contribution in [2.75, 3.05) is 12.3 Å². The molecule has 0 amide bonds. The molecule has 3 unspecified atom stereocenters. The minimum absolute atomic E-state index is 0.00463. The van der Waals surface area contributed by atoms with Crippen LogP contribution in [0.1, 0.15) is 49.1 Å². The van der Waals surface area contributed by atoms with E-state index in [0.717, 1.165) is 52.7 Å². The van der Waals surface area contributed by atoms with E-state index in [4.69, 9.17) is 11.7 Å². The van der Waals surface area contributed by atoms with E-state index in [1.54, 1.807) is 0 Å². The van der Waals surface area contributed by atoms with Crippen molar-refractivity contribution in [2.24, 2.45) is 22.2 Å². The van der Waals surface area contributed by atoms with Gasteiger partial charge in [-0.05, 0) is 52.6 Å². The summed E-state index contributed by atoms with van der Waals surface area (Å²) in [5, 5.41) is 18.6. The summed E-state index contributed by atoms with van der Waals surface area (Å²) in [5.74, 6) is 9.56. The highest BCUT2D eigenvalue weighted by Crippen LogP contribution is 2.31. The van der Waals surface area contributed by atoms with Crippen molar-refractivity contribution < 1.29 is 22.3 Å². The molecule has 0 radical (unpaired) electrons. The first kappa shape index (κ1) is 28.0. The molecule has 0 spiro atoms. The normalized spacial score (nSPS) is 19.1. The fourth-order valence-electron chi connectivity index (χ4n) is 4.60. The van der Waals surface area contributed by atoms with Crippen molar-refractivity contribution in [3.63, 3.8) is 0 Å². The van der Waals surface area contributed by atoms with Gasteiger partial charge in [-0.2, -0.15) is 5.10 Å². The van der Waals surface area contributed by atoms with E-state index in [1.165, 1.54) is 0 Å². The molecule has 2 aromatic rings. The molecule has 0 fully saturated rings. The van der Waals surface area contributed by atoms with Crippen molar-refractivity contribution in [3.05, 3.63) is 70.3 Å². The van der Waals surface area contributed by atoms with Crippen molar-refractivity contribution >= 4 is 16.2 Å². The number of hydrogen-bond acceptors (Lipinski definition) is 7. The lowest BCUT2D eigenvalue weighted by molar-refractivity contribution is 0.0829. The average molecular weight is 524 g/mol. The van der Waals surface area contributed by atoms with E-state index in [2.05, 4.69) is 31.2 Å². The molecule has 0 bridgehead atoms. The van der Waals surface area contributed by atoms with Gasteiger partial charge in [0, 0.05) is 18.7 Å². The van der Waals surface area contributed by atoms with Crippen LogP contribution < -0.4 is 17.0 Å². The maximum atomic E-state index is 13.7. The van der Waals surface area contributed by atoms with E-state index < -0.39 is 39.7 Å². The molecule has 0 aromatic heterocycles. The highest BCUT2D eigenvalue weighted by molar-refractivity contribution is 7.90. The fourth-order valence-corrected chi connectivity index (χ4v) is 6.26. The average Bonchev–Trinajstić information content (AvgIpc) is 2.73. The van der Waals surface area contributed by atoms with Gasteiger partial charge >= 0.3 is 0 Å². The quantitative estimate of drug-likeness (QED) is 0.171. The molecular weight excluding hydrogens is 488 g/mol. The van der Waals surface area contributed by atoms with Crippen LogP contribution in [0.3, 0.4) is 0 Å². The van der Waals surface area contributed by atoms with Crippen molar-refractivity contribution in [1.29, 1.82) is 0 Å². The molecule has 0 saturated heterocycles. The number of hydrazone groups is 1. The molecular formula is C25H35F2N5O3S. The Balaban J connectivity index is 1.82. The van der Waals surface area contributed by atoms with E-state index in [9.17, 15) is 22.3 Å². The number of nitrogens with zero attached hydrogens (tertiary/aromatic N) is 2. The minimum atomic E-state index is -3.34. The van der Waals surface area contributed by atoms with Gasteiger partial charge in [-0.1, -0.05) is 39.0 Å². The Hall–Kier alpha value is -2.60. The molecule has 0 aliphatic carbocycles. The Kier molecular flexibility index (Phi) is 8.71. The first-order chi connectivity index (χ1) is 16.8. The smallest absolute Gasteiger partial charge is 0.156 e. The summed E-state index contributed by atoms with van der Waals surface area (Å²) in [6, 6.07) is 7.54. The second kappa shape index (κ2) is 11.2. The zero-order valence-electron chi connectivity index (χ0n) is 20.8. The zero-order chi connectivity index (χ0) is 26.7. The lowest BCUT2D eigenvalue weighted by Gasteiger charge is -2.33. The molecule has 36 heavy (non-hydrogen) atoms. The van der Waals surface area contributed by atoms with Crippen LogP contribution >= 0.6 is 0 Å². The van der Waals surface area contributed by atoms with Crippen molar-refractivity contribution in [2.45, 2.75) is 57.6 Å². The monoisotopic (exact) mass is 523 g/mol. The van der Waals surface area contributed by atoms with E-state index in [0.29, 0.717) is 0 Å². The summed E-state index contributed by atoms with van der Waals surface area (Å²) in [4.78, 5) is 0. The maximum absolute atomic E-state index is 13.7. The van der Waals surface area contributed by atoms with E-state index >= 15 is 0 Å². The third-order valence-corrected chi connectivity index (χ3v) is 7.68. The van der Waals surface area contributed by atoms with Crippen LogP contribution in [0, 0.1) is 17.0 Å². The Bertz CT molecular complexity index is 1180. The predicted molar refractivity (Wildman–Crippen MR) is 136 cm³/mol. The van der Waals surface area contributed by atoms with Crippen LogP contribution in [0.2, 0.25) is 0 Å². The number of fused-ring (bicyclic) bond motifs is 1. The summed E-state index contributed by atoms with van der Waals surface area (Å²) < 4.78 is 52.6. The number of nitrogens with one attached hydrogen (secondary N) is 1. The summed E-state index contributed by atoms with van der Waals surface area (Å²) in [5.41, 5.74) is 3.07. The van der Waals surface area contributed by atoms with Crippen molar-refractivity contribution in [3.8, 4) is 0 Å². The number of rotatable bonds is 9. The molecule has 1 aliphatic rings. The topological polar surface area (TPSA) is 134 Å². The molecule has 8 nitrogen and oxygen atoms in total. The van der Waals surface area contributed by atoms with Crippen LogP contribution in [-0.2, 0) is 28.4 Å². The molecule has 3 atom stereocenters. The minimum Gasteiger partial charge on any atom is -0.390 e. The van der Waals surface area contributed by atoms with Gasteiger partial charge < -0.3 is 16.3 Å². The van der Waals surface area contributed by atoms with Gasteiger partial charge in [0.2, 0.25) is 0 Å². The standard InChI is InChI=1S/C25H35F2N5O3S/c1-25(2,3)11-16-4-5-18-13-36(34,35)14-22(21(18)8-16)30-12-24(33)23(32(29)15-31-28)9-17-6-19(26)10-20(27)7-17/h4-8,10,15,22-24,30,33H,9,11-14,28-29H2,1-3H3/b31-15-. The number of benzene rings is 2. The van der Waals surface area contributed by atoms with Crippen molar-refractivity contribution in [1.82, 2.24) is 10.3 Å². The number of hydrogen-bond donors (Lipinski definition) is 4. The van der Waals surface area contributed by atoms with Gasteiger partial charge in [-0.3, -0.25) is 5.01 Å². The summed E-state index contributed by atoms with van der Waals surface area (Å²) in [6.45, 7) is 6.38. The Morgan fingerprint density at radius 2 is 1.86 bits per heavy atom. The van der Waals surface area contributed by atoms with Gasteiger partial charge in [0.1, 0.15) is 18.0 Å². The third-order valence-electron chi connectivity index (χ3n) is 6.08. The molecule has 198 valence electrons. The summed E-state index contributed by atoms with van der Waals surface area (Å²) in [7, 11) is -3.34. The Morgan fingerprint density at radius 1 is 1.19 bits per heavy atom. The fraction of sp³-hybridized carbons (Fsp3) is 0.480. The summed E-state index contributed by atoms with van der Waals surface area (Å²) >= 11 is 0. The lowest BCUT2D eigenvalue weighted by Crippen LogP contribution is -2.52. The SMILES string of the molecule is CC(C)(C)Cc1ccc2c(c1)C(NCC(O)C(Cc1cc(F)cc(F)c1)N(N)/C=N\N)CS(=O)(=O)C2. The molecule has 1 aliphatic heterocycles. The van der Waals surface area contributed by atoms with Gasteiger partial charge in [-0.15, -0.1) is 0 Å². The second-order valence-electron chi connectivity index (χ2n) is 10.6. The molecule has 11 heteroatoms. The Labute approximate surface area is 211 Å². The number of nitrogens with two attached hydrogens (primary N) is 2. The highest BCUT2D eigenvalue weighted by Gasteiger charge is 2.32. The number of aliphatic hydroxyl groups excluding tert-OH is 1. The van der Waals surface area contributed by atoms with Crippen LogP contribution in [-0.4, -0.2) is 49.3 Å². The van der Waals surface area contributed by atoms with Gasteiger partial charge in [-0.25, -0.2) is 23.0 Å². The number of aliphatic hydroxyl groups is 1. The van der Waals surface area contributed by atoms with Crippen LogP contribution in [0.5, 0.6) is 0 Å². The van der Waals surface area contributed by atoms with Gasteiger partial charge in [0.15, 0.2) is 9.84 Å². The lowest BCUT2D eigenvalue weighted by atomic mass is 9.86. The Morgan fingerprint density at radius 3 is 2.47 bits per heavy atom. The van der Waals surface area contributed by atoms with E-state index in [-0.39, 0.29) is 35.4 Å². The highest BCUT2D eigenvalue weighted by atomic mass is 32.2. The molecule has 2 aromatic carbocycles. The molecule has 0 saturated carbocycles. The van der Waals surface area contributed by atoms with E-state index in [1.807, 2.05) is 18.2 Å². The number of hydrazine groups is 1. The summed E-state index contributed by atoms with van der Waals surface area (Å²) in [6.07, 6.45) is 0.776. The van der Waals surface area contributed by atoms with Crippen LogP contribution in [0.15, 0.2) is 41.5 Å². The van der Waals surface area contributed by atoms with Gasteiger partial charge in [0.05, 0.1) is 23.7 Å². The number of sulfone groups is 1. The zero-order valence-corrected chi connectivity index (χ0v) is 21.6. The van der Waals surface area contributed by atoms with Crippen LogP contribution in [0.25, 0.3) is 0 Å². The van der Waals surface area contributed by atoms with Gasteiger partial charge in [0.25, 0.3) is 0 Å². The first-order valence-electron chi connectivity index (χ1n) is 11.7. The number of halogens is 2. The van der Waals surface area contributed by atoms with Crippen LogP contribution in [0.4, 0.5) is 8.78 Å². The molecule has 1 heterocycles. The predicted octanol–water partition coefficient (Wildman–Crippen LogP) is 2.16. The maximum Gasteiger partial charge on any atom is 0.156 e. The third kappa shape index (κ3) is 7.70. The largest absolute Gasteiger partial charge is 0.390 e. The molecule has 6 N–H and O–H groups in total. The molecule has 3 rings (SSSR count).